The van der Waals surface area contributed by atoms with Crippen LogP contribution >= 0.6 is 0 Å². The number of oxime groups is 1. The number of sulfone groups is 1. The lowest BCUT2D eigenvalue weighted by Crippen LogP contribution is -2.37. The molecule has 0 unspecified atom stereocenters. The number of hydrogen-bond acceptors (Lipinski definition) is 5. The summed E-state index contributed by atoms with van der Waals surface area (Å²) < 4.78 is 22.5. The van der Waals surface area contributed by atoms with Crippen molar-refractivity contribution in [1.29, 1.82) is 0 Å². The van der Waals surface area contributed by atoms with Gasteiger partial charge in [-0.25, -0.2) is 8.42 Å². The zero-order chi connectivity index (χ0) is 15.2. The number of amidine groups is 1. The third-order valence-electron chi connectivity index (χ3n) is 2.47. The van der Waals surface area contributed by atoms with E-state index in [0.29, 0.717) is 5.69 Å². The van der Waals surface area contributed by atoms with Crippen LogP contribution in [0.1, 0.15) is 6.42 Å². The minimum absolute atomic E-state index is 0.0295. The predicted octanol–water partition coefficient (Wildman–Crippen LogP) is 0.201. The molecule has 20 heavy (non-hydrogen) atoms. The summed E-state index contributed by atoms with van der Waals surface area (Å²) in [6, 6.07) is 8.63. The van der Waals surface area contributed by atoms with Crippen LogP contribution in [-0.2, 0) is 14.6 Å². The molecule has 8 heteroatoms. The average molecular weight is 299 g/mol. The number of rotatable bonds is 6. The van der Waals surface area contributed by atoms with E-state index in [1.807, 2.05) is 0 Å². The molecule has 1 aromatic carbocycles. The first-order chi connectivity index (χ1) is 9.33. The van der Waals surface area contributed by atoms with E-state index in [9.17, 15) is 13.2 Å². The maximum absolute atomic E-state index is 12.1. The molecule has 0 aromatic heterocycles. The van der Waals surface area contributed by atoms with Crippen LogP contribution in [-0.4, -0.2) is 43.9 Å². The highest BCUT2D eigenvalue weighted by Gasteiger charge is 2.20. The van der Waals surface area contributed by atoms with Crippen LogP contribution in [0.15, 0.2) is 35.5 Å². The third kappa shape index (κ3) is 5.27. The fraction of sp³-hybridized carbons (Fsp3) is 0.333. The van der Waals surface area contributed by atoms with Crippen LogP contribution in [0.5, 0.6) is 0 Å². The normalized spacial score (nSPS) is 12.2. The second-order valence-corrected chi connectivity index (χ2v) is 6.43. The van der Waals surface area contributed by atoms with Gasteiger partial charge in [0.05, 0.1) is 0 Å². The van der Waals surface area contributed by atoms with E-state index in [2.05, 4.69) is 5.16 Å². The number of hydrogen-bond donors (Lipinski definition) is 2. The van der Waals surface area contributed by atoms with Gasteiger partial charge < -0.3 is 15.8 Å². The van der Waals surface area contributed by atoms with Gasteiger partial charge in [-0.1, -0.05) is 23.4 Å². The molecule has 1 amide bonds. The average Bonchev–Trinajstić information content (AvgIpc) is 2.37. The Labute approximate surface area is 117 Å². The summed E-state index contributed by atoms with van der Waals surface area (Å²) in [5.41, 5.74) is 5.93. The van der Waals surface area contributed by atoms with Crippen molar-refractivity contribution < 1.29 is 18.4 Å². The lowest BCUT2D eigenvalue weighted by atomic mass is 10.2. The van der Waals surface area contributed by atoms with Crippen molar-refractivity contribution in [3.8, 4) is 0 Å². The molecule has 0 saturated heterocycles. The summed E-state index contributed by atoms with van der Waals surface area (Å²) >= 11 is 0. The fourth-order valence-electron chi connectivity index (χ4n) is 1.58. The van der Waals surface area contributed by atoms with E-state index < -0.39 is 21.5 Å². The monoisotopic (exact) mass is 299 g/mol. The molecule has 3 N–H and O–H groups in total. The minimum atomic E-state index is -3.42. The molecule has 0 heterocycles. The predicted molar refractivity (Wildman–Crippen MR) is 76.5 cm³/mol. The van der Waals surface area contributed by atoms with E-state index in [-0.39, 0.29) is 18.8 Å². The standard InChI is InChI=1S/C12H17N3O4S/c1-20(18,19)9-12(16)15(8-7-11(13)14-17)10-5-3-2-4-6-10/h2-6,17H,7-9H2,1H3,(H2,13,14). The Morgan fingerprint density at radius 2 is 1.95 bits per heavy atom. The molecule has 0 bridgehead atoms. The Morgan fingerprint density at radius 1 is 1.35 bits per heavy atom. The van der Waals surface area contributed by atoms with Gasteiger partial charge in [0.2, 0.25) is 5.91 Å². The molecule has 1 rings (SSSR count). The van der Waals surface area contributed by atoms with Gasteiger partial charge >= 0.3 is 0 Å². The summed E-state index contributed by atoms with van der Waals surface area (Å²) in [4.78, 5) is 13.4. The summed E-state index contributed by atoms with van der Waals surface area (Å²) in [5.74, 6) is -1.17. The number of para-hydroxylation sites is 1. The molecule has 7 nitrogen and oxygen atoms in total. The number of nitrogens with zero attached hydrogens (tertiary/aromatic N) is 2. The maximum atomic E-state index is 12.1. The molecule has 0 spiro atoms. The van der Waals surface area contributed by atoms with E-state index in [0.717, 1.165) is 6.26 Å². The Hall–Kier alpha value is -2.09. The lowest BCUT2D eigenvalue weighted by Gasteiger charge is -2.22. The molecule has 0 saturated carbocycles. The topological polar surface area (TPSA) is 113 Å². The number of amides is 1. The van der Waals surface area contributed by atoms with Crippen LogP contribution in [0, 0.1) is 0 Å². The van der Waals surface area contributed by atoms with Crippen LogP contribution < -0.4 is 10.6 Å². The minimum Gasteiger partial charge on any atom is -0.409 e. The lowest BCUT2D eigenvalue weighted by molar-refractivity contribution is -0.116. The maximum Gasteiger partial charge on any atom is 0.242 e. The van der Waals surface area contributed by atoms with Crippen molar-refractivity contribution in [2.75, 3.05) is 23.5 Å². The van der Waals surface area contributed by atoms with Crippen LogP contribution in [0.4, 0.5) is 5.69 Å². The van der Waals surface area contributed by atoms with Crippen molar-refractivity contribution in [2.24, 2.45) is 10.9 Å². The fourth-order valence-corrected chi connectivity index (χ4v) is 2.19. The van der Waals surface area contributed by atoms with Crippen molar-refractivity contribution in [3.63, 3.8) is 0 Å². The Bertz CT molecular complexity index is 584. The first kappa shape index (κ1) is 16.0. The molecular formula is C12H17N3O4S. The number of anilines is 1. The molecule has 0 radical (unpaired) electrons. The highest BCUT2D eigenvalue weighted by Crippen LogP contribution is 2.14. The number of nitrogens with two attached hydrogens (primary N) is 1. The van der Waals surface area contributed by atoms with Crippen LogP contribution in [0.2, 0.25) is 0 Å². The van der Waals surface area contributed by atoms with Crippen molar-refractivity contribution in [1.82, 2.24) is 0 Å². The zero-order valence-electron chi connectivity index (χ0n) is 11.1. The Balaban J connectivity index is 2.93. The molecule has 0 fully saturated rings. The smallest absolute Gasteiger partial charge is 0.242 e. The summed E-state index contributed by atoms with van der Waals surface area (Å²) in [6.45, 7) is 0.133. The second-order valence-electron chi connectivity index (χ2n) is 4.29. The third-order valence-corrected chi connectivity index (χ3v) is 3.25. The van der Waals surface area contributed by atoms with Gasteiger partial charge in [0.25, 0.3) is 0 Å². The second kappa shape index (κ2) is 6.90. The SMILES string of the molecule is CS(=O)(=O)CC(=O)N(CCC(N)=NO)c1ccccc1. The quantitative estimate of drug-likeness (QED) is 0.337. The molecular weight excluding hydrogens is 282 g/mol. The first-order valence-electron chi connectivity index (χ1n) is 5.83. The summed E-state index contributed by atoms with van der Waals surface area (Å²) in [7, 11) is -3.42. The zero-order valence-corrected chi connectivity index (χ0v) is 11.9. The van der Waals surface area contributed by atoms with Gasteiger partial charge in [0.1, 0.15) is 11.6 Å². The molecule has 0 atom stereocenters. The van der Waals surface area contributed by atoms with E-state index >= 15 is 0 Å². The van der Waals surface area contributed by atoms with Gasteiger partial charge in [0, 0.05) is 24.9 Å². The Kier molecular flexibility index (Phi) is 5.51. The van der Waals surface area contributed by atoms with E-state index in [4.69, 9.17) is 10.9 Å². The van der Waals surface area contributed by atoms with Crippen molar-refractivity contribution >= 4 is 27.3 Å². The van der Waals surface area contributed by atoms with Crippen molar-refractivity contribution in [2.45, 2.75) is 6.42 Å². The Morgan fingerprint density at radius 3 is 2.45 bits per heavy atom. The molecule has 1 aromatic rings. The number of carbonyl (C=O) groups excluding carboxylic acids is 1. The highest BCUT2D eigenvalue weighted by atomic mass is 32.2. The molecule has 0 aliphatic carbocycles. The van der Waals surface area contributed by atoms with Gasteiger partial charge in [-0.05, 0) is 12.1 Å². The first-order valence-corrected chi connectivity index (χ1v) is 7.89. The van der Waals surface area contributed by atoms with Gasteiger partial charge in [0.15, 0.2) is 9.84 Å². The molecule has 0 aliphatic heterocycles. The largest absolute Gasteiger partial charge is 0.409 e. The van der Waals surface area contributed by atoms with Crippen molar-refractivity contribution in [3.05, 3.63) is 30.3 Å². The molecule has 110 valence electrons. The number of benzene rings is 1. The van der Waals surface area contributed by atoms with E-state index in [1.54, 1.807) is 30.3 Å². The number of carbonyl (C=O) groups is 1. The van der Waals surface area contributed by atoms with Crippen LogP contribution in [0.3, 0.4) is 0 Å². The van der Waals surface area contributed by atoms with Gasteiger partial charge in [-0.2, -0.15) is 0 Å². The summed E-state index contributed by atoms with van der Waals surface area (Å²) in [6.07, 6.45) is 1.14. The molecule has 0 aliphatic rings. The van der Waals surface area contributed by atoms with Gasteiger partial charge in [-0.15, -0.1) is 0 Å². The van der Waals surface area contributed by atoms with Crippen LogP contribution in [0.25, 0.3) is 0 Å². The summed E-state index contributed by atoms with van der Waals surface area (Å²) in [5, 5.41) is 11.3. The van der Waals surface area contributed by atoms with E-state index in [1.165, 1.54) is 4.90 Å². The van der Waals surface area contributed by atoms with Gasteiger partial charge in [-0.3, -0.25) is 4.79 Å². The highest BCUT2D eigenvalue weighted by molar-refractivity contribution is 7.91.